The van der Waals surface area contributed by atoms with Gasteiger partial charge in [0.15, 0.2) is 5.82 Å². The fourth-order valence-corrected chi connectivity index (χ4v) is 5.33. The second kappa shape index (κ2) is 10.2. The Morgan fingerprint density at radius 1 is 1.11 bits per heavy atom. The number of hydrogen-bond acceptors (Lipinski definition) is 9. The van der Waals surface area contributed by atoms with Crippen LogP contribution in [0.4, 0.5) is 5.95 Å². The fourth-order valence-electron chi connectivity index (χ4n) is 4.10. The van der Waals surface area contributed by atoms with E-state index in [-0.39, 0.29) is 12.0 Å². The van der Waals surface area contributed by atoms with Gasteiger partial charge in [0.05, 0.1) is 25.5 Å². The number of benzene rings is 1. The van der Waals surface area contributed by atoms with E-state index in [0.717, 1.165) is 24.9 Å². The molecule has 3 aromatic rings. The predicted molar refractivity (Wildman–Crippen MR) is 132 cm³/mol. The molecule has 1 aliphatic rings. The van der Waals surface area contributed by atoms with Crippen molar-refractivity contribution in [3.05, 3.63) is 47.8 Å². The number of aryl methyl sites for hydroxylation is 1. The molecule has 0 bridgehead atoms. The molecule has 35 heavy (non-hydrogen) atoms. The highest BCUT2D eigenvalue weighted by Crippen LogP contribution is 2.38. The first-order chi connectivity index (χ1) is 16.8. The molecule has 1 aromatic carbocycles. The van der Waals surface area contributed by atoms with E-state index >= 15 is 0 Å². The van der Waals surface area contributed by atoms with E-state index in [9.17, 15) is 8.42 Å². The summed E-state index contributed by atoms with van der Waals surface area (Å²) in [4.78, 5) is 8.62. The summed E-state index contributed by atoms with van der Waals surface area (Å²) in [5, 5.41) is 11.2. The lowest BCUT2D eigenvalue weighted by Gasteiger charge is -2.22. The summed E-state index contributed by atoms with van der Waals surface area (Å²) < 4.78 is 42.5. The van der Waals surface area contributed by atoms with Crippen LogP contribution in [0.5, 0.6) is 11.5 Å². The van der Waals surface area contributed by atoms with Crippen LogP contribution in [0.1, 0.15) is 55.9 Å². The number of methoxy groups -OCH3 is 2. The van der Waals surface area contributed by atoms with Crippen LogP contribution in [0.3, 0.4) is 0 Å². The Morgan fingerprint density at radius 2 is 1.77 bits per heavy atom. The number of anilines is 1. The quantitative estimate of drug-likeness (QED) is 0.454. The van der Waals surface area contributed by atoms with Gasteiger partial charge in [-0.25, -0.2) is 18.4 Å². The molecule has 0 radical (unpaired) electrons. The van der Waals surface area contributed by atoms with Crippen LogP contribution in [0.15, 0.2) is 30.6 Å². The second-order valence-corrected chi connectivity index (χ2v) is 10.7. The van der Waals surface area contributed by atoms with Crippen molar-refractivity contribution < 1.29 is 17.9 Å². The van der Waals surface area contributed by atoms with Gasteiger partial charge in [-0.3, -0.25) is 9.29 Å². The van der Waals surface area contributed by atoms with Crippen molar-refractivity contribution in [2.75, 3.05) is 25.5 Å². The van der Waals surface area contributed by atoms with Gasteiger partial charge < -0.3 is 14.8 Å². The van der Waals surface area contributed by atoms with Gasteiger partial charge in [0.1, 0.15) is 23.0 Å². The molecule has 2 N–H and O–H groups in total. The number of hydrogen-bond donors (Lipinski definition) is 2. The molecule has 1 fully saturated rings. The summed E-state index contributed by atoms with van der Waals surface area (Å²) in [7, 11) is -0.812. The smallest absolute Gasteiger partial charge is 0.243 e. The van der Waals surface area contributed by atoms with Gasteiger partial charge >= 0.3 is 0 Å². The van der Waals surface area contributed by atoms with Crippen LogP contribution >= 0.6 is 0 Å². The van der Waals surface area contributed by atoms with Crippen molar-refractivity contribution in [2.45, 2.75) is 50.8 Å². The third-order valence-corrected chi connectivity index (χ3v) is 8.18. The molecule has 11 nitrogen and oxygen atoms in total. The van der Waals surface area contributed by atoms with Gasteiger partial charge in [-0.1, -0.05) is 13.0 Å². The van der Waals surface area contributed by atoms with Crippen LogP contribution in [-0.4, -0.2) is 59.2 Å². The molecule has 0 aliphatic carbocycles. The van der Waals surface area contributed by atoms with Gasteiger partial charge in [-0.15, -0.1) is 10.2 Å². The molecule has 1 aliphatic heterocycles. The topological polar surface area (TPSA) is 133 Å². The molecule has 3 heterocycles. The summed E-state index contributed by atoms with van der Waals surface area (Å²) in [5.41, 5.74) is 1.42. The minimum atomic E-state index is -3.91. The van der Waals surface area contributed by atoms with Crippen molar-refractivity contribution in [3.63, 3.8) is 0 Å². The molecule has 2 aromatic heterocycles. The Hall–Kier alpha value is -3.25. The largest absolute Gasteiger partial charge is 0.494 e. The number of sulfonamides is 1. The van der Waals surface area contributed by atoms with Gasteiger partial charge in [-0.05, 0) is 50.9 Å². The predicted octanol–water partition coefficient (Wildman–Crippen LogP) is 2.74. The zero-order chi connectivity index (χ0) is 25.2. The SMILES string of the molecule is COc1cccc(OC)c1-n1c(NS(=O)(=O)[C@@H](C)[C@H](C)c2ncc(C)cn2)nnc1[C@H]1CCCN1. The van der Waals surface area contributed by atoms with Crippen molar-refractivity contribution in [3.8, 4) is 17.2 Å². The Morgan fingerprint density at radius 3 is 2.34 bits per heavy atom. The molecule has 1 saturated heterocycles. The second-order valence-electron chi connectivity index (χ2n) is 8.64. The van der Waals surface area contributed by atoms with Crippen LogP contribution in [-0.2, 0) is 10.0 Å². The van der Waals surface area contributed by atoms with Crippen molar-refractivity contribution in [1.29, 1.82) is 0 Å². The van der Waals surface area contributed by atoms with Crippen LogP contribution in [0, 0.1) is 6.92 Å². The lowest BCUT2D eigenvalue weighted by atomic mass is 10.1. The average molecular weight is 502 g/mol. The maximum Gasteiger partial charge on any atom is 0.243 e. The van der Waals surface area contributed by atoms with Crippen molar-refractivity contribution in [1.82, 2.24) is 30.0 Å². The van der Waals surface area contributed by atoms with E-state index in [1.165, 1.54) is 0 Å². The number of aromatic nitrogens is 5. The Balaban J connectivity index is 1.76. The van der Waals surface area contributed by atoms with Crippen molar-refractivity contribution >= 4 is 16.0 Å². The van der Waals surface area contributed by atoms with Crippen LogP contribution in [0.25, 0.3) is 5.69 Å². The molecular weight excluding hydrogens is 470 g/mol. The number of para-hydroxylation sites is 1. The molecule has 4 rings (SSSR count). The Labute approximate surface area is 205 Å². The zero-order valence-electron chi connectivity index (χ0n) is 20.5. The number of rotatable bonds is 9. The maximum atomic E-state index is 13.5. The summed E-state index contributed by atoms with van der Waals surface area (Å²) in [6, 6.07) is 5.27. The fraction of sp³-hybridized carbons (Fsp3) is 0.478. The summed E-state index contributed by atoms with van der Waals surface area (Å²) in [6.45, 7) is 6.13. The van der Waals surface area contributed by atoms with E-state index in [4.69, 9.17) is 9.47 Å². The van der Waals surface area contributed by atoms with E-state index in [0.29, 0.717) is 28.8 Å². The molecule has 0 spiro atoms. The number of nitrogens with zero attached hydrogens (tertiary/aromatic N) is 5. The molecule has 0 amide bonds. The number of ether oxygens (including phenoxy) is 2. The summed E-state index contributed by atoms with van der Waals surface area (Å²) >= 11 is 0. The first-order valence-electron chi connectivity index (χ1n) is 11.5. The van der Waals surface area contributed by atoms with Crippen LogP contribution < -0.4 is 19.5 Å². The monoisotopic (exact) mass is 501 g/mol. The van der Waals surface area contributed by atoms with Gasteiger partial charge in [0, 0.05) is 18.3 Å². The van der Waals surface area contributed by atoms with E-state index in [1.54, 1.807) is 63.2 Å². The van der Waals surface area contributed by atoms with E-state index < -0.39 is 21.2 Å². The lowest BCUT2D eigenvalue weighted by molar-refractivity contribution is 0.390. The summed E-state index contributed by atoms with van der Waals surface area (Å²) in [5.74, 6) is 1.63. The first kappa shape index (κ1) is 24.9. The highest BCUT2D eigenvalue weighted by Gasteiger charge is 2.33. The highest BCUT2D eigenvalue weighted by atomic mass is 32.2. The van der Waals surface area contributed by atoms with Crippen molar-refractivity contribution in [2.24, 2.45) is 0 Å². The minimum absolute atomic E-state index is 0.0559. The first-order valence-corrected chi connectivity index (χ1v) is 13.0. The molecular formula is C23H31N7O4S. The van der Waals surface area contributed by atoms with E-state index in [2.05, 4.69) is 30.2 Å². The average Bonchev–Trinajstić information content (AvgIpc) is 3.52. The minimum Gasteiger partial charge on any atom is -0.494 e. The lowest BCUT2D eigenvalue weighted by Crippen LogP contribution is -2.31. The molecule has 12 heteroatoms. The van der Waals surface area contributed by atoms with E-state index in [1.807, 2.05) is 6.92 Å². The standard InChI is InChI=1S/C23H31N7O4S/c1-14-12-25-21(26-13-14)15(2)16(3)35(31,32)29-23-28-27-22(17-8-7-11-24-17)30(23)20-18(33-4)9-6-10-19(20)34-5/h6,9-10,12-13,15-17,24H,7-8,11H2,1-5H3,(H,28,29)/t15-,16-,17+/m0/s1. The Bertz CT molecular complexity index is 1250. The molecule has 0 unspecified atom stereocenters. The maximum absolute atomic E-state index is 13.5. The van der Waals surface area contributed by atoms with Crippen LogP contribution in [0.2, 0.25) is 0 Å². The third kappa shape index (κ3) is 4.94. The number of nitrogens with one attached hydrogen (secondary N) is 2. The third-order valence-electron chi connectivity index (χ3n) is 6.32. The normalized spacial score (nSPS) is 17.7. The van der Waals surface area contributed by atoms with Gasteiger partial charge in [0.2, 0.25) is 16.0 Å². The molecule has 3 atom stereocenters. The molecule has 0 saturated carbocycles. The molecule has 188 valence electrons. The van der Waals surface area contributed by atoms with Gasteiger partial charge in [0.25, 0.3) is 0 Å². The highest BCUT2D eigenvalue weighted by molar-refractivity contribution is 7.93. The Kier molecular flexibility index (Phi) is 7.22. The van der Waals surface area contributed by atoms with Gasteiger partial charge in [-0.2, -0.15) is 0 Å². The zero-order valence-corrected chi connectivity index (χ0v) is 21.3. The summed E-state index contributed by atoms with van der Waals surface area (Å²) in [6.07, 6.45) is 5.18.